The fourth-order valence-corrected chi connectivity index (χ4v) is 5.29. The van der Waals surface area contributed by atoms with Crippen LogP contribution in [0.1, 0.15) is 5.69 Å². The molecule has 5 rings (SSSR count). The highest BCUT2D eigenvalue weighted by Crippen LogP contribution is 2.36. The SMILES string of the molecule is COc1ccc(OC)c(-n2c(SCC(=O)Nc3cc(C)nc4ccccc34)nnc2-c2cccs2)c1. The van der Waals surface area contributed by atoms with E-state index in [4.69, 9.17) is 9.47 Å². The minimum Gasteiger partial charge on any atom is -0.497 e. The van der Waals surface area contributed by atoms with Crippen LogP contribution in [0.15, 0.2) is 71.2 Å². The molecule has 0 spiro atoms. The largest absolute Gasteiger partial charge is 0.497 e. The highest BCUT2D eigenvalue weighted by molar-refractivity contribution is 7.99. The second kappa shape index (κ2) is 10.4. The molecule has 2 aromatic carbocycles. The van der Waals surface area contributed by atoms with Crippen LogP contribution in [0.2, 0.25) is 0 Å². The van der Waals surface area contributed by atoms with E-state index in [9.17, 15) is 4.79 Å². The Kier molecular flexibility index (Phi) is 6.88. The van der Waals surface area contributed by atoms with Crippen molar-refractivity contribution in [1.29, 1.82) is 0 Å². The first-order valence-corrected chi connectivity index (χ1v) is 12.9. The molecule has 0 unspecified atom stereocenters. The van der Waals surface area contributed by atoms with Gasteiger partial charge >= 0.3 is 0 Å². The van der Waals surface area contributed by atoms with E-state index < -0.39 is 0 Å². The Balaban J connectivity index is 1.46. The number of nitrogens with zero attached hydrogens (tertiary/aromatic N) is 4. The van der Waals surface area contributed by atoms with Crippen LogP contribution in [0.25, 0.3) is 27.3 Å². The van der Waals surface area contributed by atoms with Crippen molar-refractivity contribution >= 4 is 45.6 Å². The van der Waals surface area contributed by atoms with Gasteiger partial charge < -0.3 is 14.8 Å². The molecule has 36 heavy (non-hydrogen) atoms. The highest BCUT2D eigenvalue weighted by Gasteiger charge is 2.21. The quantitative estimate of drug-likeness (QED) is 0.268. The van der Waals surface area contributed by atoms with E-state index in [-0.39, 0.29) is 11.7 Å². The average Bonchev–Trinajstić information content (AvgIpc) is 3.57. The number of para-hydroxylation sites is 1. The summed E-state index contributed by atoms with van der Waals surface area (Å²) >= 11 is 2.86. The van der Waals surface area contributed by atoms with E-state index in [0.717, 1.165) is 32.8 Å². The first-order chi connectivity index (χ1) is 17.6. The number of amides is 1. The first-order valence-electron chi connectivity index (χ1n) is 11.1. The van der Waals surface area contributed by atoms with Gasteiger partial charge in [0.25, 0.3) is 0 Å². The Bertz CT molecular complexity index is 1530. The molecule has 0 bridgehead atoms. The lowest BCUT2D eigenvalue weighted by Crippen LogP contribution is -2.15. The summed E-state index contributed by atoms with van der Waals surface area (Å²) in [6.45, 7) is 1.91. The van der Waals surface area contributed by atoms with Crippen molar-refractivity contribution in [2.75, 3.05) is 25.3 Å². The number of pyridine rings is 1. The molecular formula is C26H23N5O3S2. The molecule has 5 aromatic rings. The average molecular weight is 518 g/mol. The van der Waals surface area contributed by atoms with Crippen LogP contribution in [-0.4, -0.2) is 45.6 Å². The van der Waals surface area contributed by atoms with Gasteiger partial charge in [-0.25, -0.2) is 0 Å². The number of ether oxygens (including phenoxy) is 2. The van der Waals surface area contributed by atoms with E-state index in [2.05, 4.69) is 20.5 Å². The summed E-state index contributed by atoms with van der Waals surface area (Å²) in [7, 11) is 3.23. The number of anilines is 1. The van der Waals surface area contributed by atoms with Crippen LogP contribution >= 0.6 is 23.1 Å². The normalized spacial score (nSPS) is 11.0. The third-order valence-electron chi connectivity index (χ3n) is 5.45. The third-order valence-corrected chi connectivity index (χ3v) is 7.25. The first kappa shape index (κ1) is 23.8. The summed E-state index contributed by atoms with van der Waals surface area (Å²) in [4.78, 5) is 18.5. The molecule has 0 radical (unpaired) electrons. The number of aryl methyl sites for hydroxylation is 1. The van der Waals surface area contributed by atoms with Crippen molar-refractivity contribution in [2.45, 2.75) is 12.1 Å². The zero-order valence-electron chi connectivity index (χ0n) is 19.9. The van der Waals surface area contributed by atoms with Gasteiger partial charge in [-0.2, -0.15) is 0 Å². The van der Waals surface area contributed by atoms with E-state index >= 15 is 0 Å². The van der Waals surface area contributed by atoms with Gasteiger partial charge in [0, 0.05) is 17.1 Å². The van der Waals surface area contributed by atoms with Crippen LogP contribution in [0.3, 0.4) is 0 Å². The van der Waals surface area contributed by atoms with Crippen LogP contribution in [0, 0.1) is 6.92 Å². The number of fused-ring (bicyclic) bond motifs is 1. The number of carbonyl (C=O) groups is 1. The molecule has 0 aliphatic rings. The standard InChI is InChI=1S/C26H23N5O3S2/c1-16-13-20(18-7-4-5-8-19(18)27-16)28-24(32)15-36-26-30-29-25(23-9-6-12-35-23)31(26)21-14-17(33-2)10-11-22(21)34-3/h4-14H,15H2,1-3H3,(H,27,28,32). The number of methoxy groups -OCH3 is 2. The maximum Gasteiger partial charge on any atom is 0.234 e. The number of benzene rings is 2. The lowest BCUT2D eigenvalue weighted by Gasteiger charge is -2.15. The number of thioether (sulfide) groups is 1. The lowest BCUT2D eigenvalue weighted by molar-refractivity contribution is -0.113. The summed E-state index contributed by atoms with van der Waals surface area (Å²) in [5, 5.41) is 15.3. The van der Waals surface area contributed by atoms with Gasteiger partial charge in [-0.1, -0.05) is 36.0 Å². The molecule has 0 aliphatic heterocycles. The zero-order chi connectivity index (χ0) is 25.1. The number of aromatic nitrogens is 4. The molecule has 8 nitrogen and oxygen atoms in total. The molecule has 1 amide bonds. The monoisotopic (exact) mass is 517 g/mol. The Morgan fingerprint density at radius 3 is 2.69 bits per heavy atom. The molecule has 182 valence electrons. The second-order valence-corrected chi connectivity index (χ2v) is 9.71. The van der Waals surface area contributed by atoms with Crippen molar-refractivity contribution in [1.82, 2.24) is 19.7 Å². The fourth-order valence-electron chi connectivity index (χ4n) is 3.85. The number of nitrogens with one attached hydrogen (secondary N) is 1. The summed E-state index contributed by atoms with van der Waals surface area (Å²) in [5.41, 5.74) is 3.14. The molecule has 1 N–H and O–H groups in total. The predicted molar refractivity (Wildman–Crippen MR) is 144 cm³/mol. The van der Waals surface area contributed by atoms with Crippen molar-refractivity contribution in [3.8, 4) is 27.9 Å². The number of hydrogen-bond acceptors (Lipinski definition) is 8. The van der Waals surface area contributed by atoms with E-state index in [1.165, 1.54) is 11.8 Å². The van der Waals surface area contributed by atoms with Gasteiger partial charge in [-0.05, 0) is 42.6 Å². The molecule has 0 atom stereocenters. The third kappa shape index (κ3) is 4.77. The smallest absolute Gasteiger partial charge is 0.234 e. The predicted octanol–water partition coefficient (Wildman–Crippen LogP) is 5.60. The summed E-state index contributed by atoms with van der Waals surface area (Å²) in [6, 6.07) is 19.1. The zero-order valence-corrected chi connectivity index (χ0v) is 21.5. The minimum absolute atomic E-state index is 0.143. The summed E-state index contributed by atoms with van der Waals surface area (Å²) < 4.78 is 13.0. The van der Waals surface area contributed by atoms with Crippen molar-refractivity contribution in [3.63, 3.8) is 0 Å². The number of carbonyl (C=O) groups excluding carboxylic acids is 1. The molecule has 0 saturated heterocycles. The van der Waals surface area contributed by atoms with E-state index in [0.29, 0.717) is 22.5 Å². The van der Waals surface area contributed by atoms with E-state index in [1.807, 2.05) is 77.5 Å². The molecule has 10 heteroatoms. The molecule has 3 heterocycles. The molecule has 0 aliphatic carbocycles. The van der Waals surface area contributed by atoms with Gasteiger partial charge in [0.1, 0.15) is 11.5 Å². The second-order valence-electron chi connectivity index (χ2n) is 7.82. The molecule has 0 saturated carbocycles. The van der Waals surface area contributed by atoms with E-state index in [1.54, 1.807) is 25.6 Å². The Hall–Kier alpha value is -3.89. The Labute approximate surface area is 216 Å². The number of thiophene rings is 1. The van der Waals surface area contributed by atoms with Gasteiger partial charge in [0.05, 0.1) is 41.7 Å². The van der Waals surface area contributed by atoms with Crippen molar-refractivity contribution in [3.05, 3.63) is 71.7 Å². The number of rotatable bonds is 8. The molecular weight excluding hydrogens is 494 g/mol. The van der Waals surface area contributed by atoms with Gasteiger partial charge in [-0.3, -0.25) is 14.3 Å². The fraction of sp³-hybridized carbons (Fsp3) is 0.154. The lowest BCUT2D eigenvalue weighted by atomic mass is 10.1. The van der Waals surface area contributed by atoms with Gasteiger partial charge in [0.15, 0.2) is 11.0 Å². The number of hydrogen-bond donors (Lipinski definition) is 1. The topological polar surface area (TPSA) is 91.2 Å². The van der Waals surface area contributed by atoms with Crippen LogP contribution in [0.5, 0.6) is 11.5 Å². The molecule has 3 aromatic heterocycles. The maximum atomic E-state index is 13.0. The summed E-state index contributed by atoms with van der Waals surface area (Å²) in [5.74, 6) is 1.96. The van der Waals surface area contributed by atoms with Crippen molar-refractivity contribution < 1.29 is 14.3 Å². The Morgan fingerprint density at radius 1 is 1.06 bits per heavy atom. The van der Waals surface area contributed by atoms with Gasteiger partial charge in [-0.15, -0.1) is 21.5 Å². The summed E-state index contributed by atoms with van der Waals surface area (Å²) in [6.07, 6.45) is 0. The molecule has 0 fully saturated rings. The van der Waals surface area contributed by atoms with Crippen molar-refractivity contribution in [2.24, 2.45) is 0 Å². The van der Waals surface area contributed by atoms with Gasteiger partial charge in [0.2, 0.25) is 5.91 Å². The highest BCUT2D eigenvalue weighted by atomic mass is 32.2. The maximum absolute atomic E-state index is 13.0. The van der Waals surface area contributed by atoms with Crippen LogP contribution in [0.4, 0.5) is 5.69 Å². The minimum atomic E-state index is -0.152. The van der Waals surface area contributed by atoms with Crippen LogP contribution in [-0.2, 0) is 4.79 Å². The van der Waals surface area contributed by atoms with Crippen LogP contribution < -0.4 is 14.8 Å². The Morgan fingerprint density at radius 2 is 1.92 bits per heavy atom.